The summed E-state index contributed by atoms with van der Waals surface area (Å²) in [5.41, 5.74) is 1.24. The van der Waals surface area contributed by atoms with Crippen molar-refractivity contribution in [1.82, 2.24) is 0 Å². The SMILES string of the molecule is Cc1ccccc1SCC(=O)Cc1cccs1. The minimum atomic E-state index is 0.292. The second kappa shape index (κ2) is 6.03. The van der Waals surface area contributed by atoms with E-state index >= 15 is 0 Å². The molecule has 0 atom stereocenters. The summed E-state index contributed by atoms with van der Waals surface area (Å²) in [6.07, 6.45) is 0.566. The second-order valence-corrected chi connectivity index (χ2v) is 5.90. The Balaban J connectivity index is 1.86. The van der Waals surface area contributed by atoms with E-state index in [0.29, 0.717) is 18.0 Å². The van der Waals surface area contributed by atoms with Gasteiger partial charge in [0.2, 0.25) is 0 Å². The first-order valence-corrected chi connectivity index (χ1v) is 7.35. The summed E-state index contributed by atoms with van der Waals surface area (Å²) in [4.78, 5) is 14.1. The van der Waals surface area contributed by atoms with Crippen LogP contribution in [-0.4, -0.2) is 11.5 Å². The van der Waals surface area contributed by atoms with Crippen LogP contribution in [0.5, 0.6) is 0 Å². The number of Topliss-reactive ketones (excluding diaryl/α,β-unsaturated/α-hetero) is 1. The van der Waals surface area contributed by atoms with E-state index in [4.69, 9.17) is 0 Å². The Kier molecular flexibility index (Phi) is 4.40. The molecular formula is C14H14OS2. The Morgan fingerprint density at radius 3 is 2.76 bits per heavy atom. The minimum Gasteiger partial charge on any atom is -0.298 e. The third-order valence-corrected chi connectivity index (χ3v) is 4.55. The van der Waals surface area contributed by atoms with Gasteiger partial charge in [0.25, 0.3) is 0 Å². The topological polar surface area (TPSA) is 17.1 Å². The van der Waals surface area contributed by atoms with Gasteiger partial charge in [0.15, 0.2) is 0 Å². The Morgan fingerprint density at radius 1 is 1.24 bits per heavy atom. The standard InChI is InChI=1S/C14H14OS2/c1-11-5-2-3-7-14(11)17-10-12(15)9-13-6-4-8-16-13/h2-8H,9-10H2,1H3. The fraction of sp³-hybridized carbons (Fsp3) is 0.214. The molecule has 0 aliphatic heterocycles. The molecule has 1 aromatic carbocycles. The number of rotatable bonds is 5. The maximum atomic E-state index is 11.8. The molecule has 1 nitrogen and oxygen atoms in total. The molecule has 0 unspecified atom stereocenters. The van der Waals surface area contributed by atoms with Gasteiger partial charge in [-0.05, 0) is 30.0 Å². The van der Waals surface area contributed by atoms with E-state index in [0.717, 1.165) is 4.88 Å². The second-order valence-electron chi connectivity index (χ2n) is 3.85. The summed E-state index contributed by atoms with van der Waals surface area (Å²) in [7, 11) is 0. The fourth-order valence-corrected chi connectivity index (χ4v) is 3.16. The first-order chi connectivity index (χ1) is 8.25. The third kappa shape index (κ3) is 3.72. The molecule has 88 valence electrons. The summed E-state index contributed by atoms with van der Waals surface area (Å²) in [5.74, 6) is 0.851. The van der Waals surface area contributed by atoms with Gasteiger partial charge in [-0.3, -0.25) is 4.79 Å². The number of aryl methyl sites for hydroxylation is 1. The predicted octanol–water partition coefficient (Wildman–Crippen LogP) is 3.96. The van der Waals surface area contributed by atoms with E-state index in [-0.39, 0.29) is 0 Å². The summed E-state index contributed by atoms with van der Waals surface area (Å²) < 4.78 is 0. The van der Waals surface area contributed by atoms with E-state index in [1.54, 1.807) is 23.1 Å². The Morgan fingerprint density at radius 2 is 2.06 bits per heavy atom. The molecule has 0 radical (unpaired) electrons. The van der Waals surface area contributed by atoms with Crippen LogP contribution in [0, 0.1) is 6.92 Å². The zero-order chi connectivity index (χ0) is 12.1. The quantitative estimate of drug-likeness (QED) is 0.759. The zero-order valence-corrected chi connectivity index (χ0v) is 11.3. The third-order valence-electron chi connectivity index (χ3n) is 2.43. The number of benzene rings is 1. The van der Waals surface area contributed by atoms with Gasteiger partial charge in [-0.15, -0.1) is 23.1 Å². The Hall–Kier alpha value is -1.06. The number of carbonyl (C=O) groups is 1. The first kappa shape index (κ1) is 12.4. The molecule has 0 amide bonds. The number of thioether (sulfide) groups is 1. The van der Waals surface area contributed by atoms with Crippen LogP contribution in [0.3, 0.4) is 0 Å². The van der Waals surface area contributed by atoms with Crippen molar-refractivity contribution >= 4 is 28.9 Å². The van der Waals surface area contributed by atoms with E-state index < -0.39 is 0 Å². The van der Waals surface area contributed by atoms with Gasteiger partial charge in [0.05, 0.1) is 5.75 Å². The summed E-state index contributed by atoms with van der Waals surface area (Å²) in [6, 6.07) is 12.2. The predicted molar refractivity (Wildman–Crippen MR) is 74.9 cm³/mol. The first-order valence-electron chi connectivity index (χ1n) is 5.48. The smallest absolute Gasteiger partial charge is 0.148 e. The number of hydrogen-bond donors (Lipinski definition) is 0. The Bertz CT molecular complexity index is 489. The van der Waals surface area contributed by atoms with E-state index in [2.05, 4.69) is 19.1 Å². The van der Waals surface area contributed by atoms with E-state index in [9.17, 15) is 4.79 Å². The van der Waals surface area contributed by atoms with Crippen molar-refractivity contribution in [3.63, 3.8) is 0 Å². The molecule has 0 fully saturated rings. The summed E-state index contributed by atoms with van der Waals surface area (Å²) in [6.45, 7) is 2.08. The van der Waals surface area contributed by atoms with Crippen molar-refractivity contribution in [2.24, 2.45) is 0 Å². The van der Waals surface area contributed by atoms with Crippen LogP contribution in [0.15, 0.2) is 46.7 Å². The van der Waals surface area contributed by atoms with Gasteiger partial charge >= 0.3 is 0 Å². The van der Waals surface area contributed by atoms with Crippen LogP contribution in [0.4, 0.5) is 0 Å². The molecule has 0 saturated carbocycles. The van der Waals surface area contributed by atoms with Crippen molar-refractivity contribution in [2.75, 3.05) is 5.75 Å². The maximum absolute atomic E-state index is 11.8. The lowest BCUT2D eigenvalue weighted by Crippen LogP contribution is -2.04. The summed E-state index contributed by atoms with van der Waals surface area (Å²) >= 11 is 3.28. The van der Waals surface area contributed by atoms with Crippen molar-refractivity contribution in [3.8, 4) is 0 Å². The number of ketones is 1. The highest BCUT2D eigenvalue weighted by Gasteiger charge is 2.06. The number of hydrogen-bond acceptors (Lipinski definition) is 3. The Labute approximate surface area is 110 Å². The largest absolute Gasteiger partial charge is 0.298 e. The summed E-state index contributed by atoms with van der Waals surface area (Å²) in [5, 5.41) is 2.01. The van der Waals surface area contributed by atoms with Crippen LogP contribution in [-0.2, 0) is 11.2 Å². The van der Waals surface area contributed by atoms with Gasteiger partial charge in [0, 0.05) is 16.2 Å². The molecule has 2 aromatic rings. The molecule has 1 aromatic heterocycles. The average molecular weight is 262 g/mol. The van der Waals surface area contributed by atoms with Gasteiger partial charge in [-0.2, -0.15) is 0 Å². The normalized spacial score (nSPS) is 10.4. The maximum Gasteiger partial charge on any atom is 0.148 e. The molecule has 0 aliphatic carbocycles. The molecule has 2 rings (SSSR count). The molecular weight excluding hydrogens is 248 g/mol. The van der Waals surface area contributed by atoms with Crippen molar-refractivity contribution in [2.45, 2.75) is 18.2 Å². The molecule has 0 N–H and O–H groups in total. The van der Waals surface area contributed by atoms with Gasteiger partial charge < -0.3 is 0 Å². The molecule has 3 heteroatoms. The average Bonchev–Trinajstić information content (AvgIpc) is 2.81. The molecule has 0 bridgehead atoms. The van der Waals surface area contributed by atoms with Gasteiger partial charge in [-0.25, -0.2) is 0 Å². The fourth-order valence-electron chi connectivity index (χ4n) is 1.54. The highest BCUT2D eigenvalue weighted by atomic mass is 32.2. The van der Waals surface area contributed by atoms with Crippen molar-refractivity contribution in [3.05, 3.63) is 52.2 Å². The van der Waals surface area contributed by atoms with Crippen molar-refractivity contribution in [1.29, 1.82) is 0 Å². The van der Waals surface area contributed by atoms with E-state index in [1.165, 1.54) is 10.5 Å². The van der Waals surface area contributed by atoms with Crippen LogP contribution >= 0.6 is 23.1 Å². The highest BCUT2D eigenvalue weighted by Crippen LogP contribution is 2.22. The molecule has 0 saturated heterocycles. The zero-order valence-electron chi connectivity index (χ0n) is 9.68. The lowest BCUT2D eigenvalue weighted by Gasteiger charge is -2.03. The van der Waals surface area contributed by atoms with E-state index in [1.807, 2.05) is 29.6 Å². The molecule has 0 aliphatic rings. The van der Waals surface area contributed by atoms with Gasteiger partial charge in [-0.1, -0.05) is 24.3 Å². The monoisotopic (exact) mass is 262 g/mol. The van der Waals surface area contributed by atoms with Crippen LogP contribution in [0.25, 0.3) is 0 Å². The van der Waals surface area contributed by atoms with Crippen LogP contribution < -0.4 is 0 Å². The number of carbonyl (C=O) groups excluding carboxylic acids is 1. The minimum absolute atomic E-state index is 0.292. The molecule has 1 heterocycles. The van der Waals surface area contributed by atoms with Gasteiger partial charge in [0.1, 0.15) is 5.78 Å². The van der Waals surface area contributed by atoms with Crippen LogP contribution in [0.1, 0.15) is 10.4 Å². The molecule has 17 heavy (non-hydrogen) atoms. The lowest BCUT2D eigenvalue weighted by molar-refractivity contribution is -0.115. The van der Waals surface area contributed by atoms with Crippen molar-refractivity contribution < 1.29 is 4.79 Å². The highest BCUT2D eigenvalue weighted by molar-refractivity contribution is 8.00. The lowest BCUT2D eigenvalue weighted by atomic mass is 10.2. The molecule has 0 spiro atoms. The van der Waals surface area contributed by atoms with Crippen LogP contribution in [0.2, 0.25) is 0 Å². The number of thiophene rings is 1.